The van der Waals surface area contributed by atoms with Crippen LogP contribution in [0, 0.1) is 11.3 Å². The standard InChI is InChI=1S/C13H7Br2NO/c14-10-4-5-13(12(15)7-10)17-11-3-1-2-9(6-11)8-16/h1-7H. The van der Waals surface area contributed by atoms with Gasteiger partial charge < -0.3 is 4.74 Å². The van der Waals surface area contributed by atoms with Crippen LogP contribution in [-0.4, -0.2) is 0 Å². The SMILES string of the molecule is N#Cc1cccc(Oc2ccc(Br)cc2Br)c1. The fourth-order valence-electron chi connectivity index (χ4n) is 1.31. The van der Waals surface area contributed by atoms with Crippen molar-refractivity contribution in [3.05, 3.63) is 57.0 Å². The molecule has 2 nitrogen and oxygen atoms in total. The molecule has 0 aliphatic rings. The molecule has 0 atom stereocenters. The summed E-state index contributed by atoms with van der Waals surface area (Å²) in [4.78, 5) is 0. The van der Waals surface area contributed by atoms with E-state index < -0.39 is 0 Å². The van der Waals surface area contributed by atoms with Gasteiger partial charge in [0, 0.05) is 4.47 Å². The Morgan fingerprint density at radius 1 is 1.06 bits per heavy atom. The Morgan fingerprint density at radius 2 is 1.88 bits per heavy atom. The highest BCUT2D eigenvalue weighted by atomic mass is 79.9. The first-order chi connectivity index (χ1) is 8.19. The average Bonchev–Trinajstić information content (AvgIpc) is 2.33. The van der Waals surface area contributed by atoms with Crippen LogP contribution in [0.5, 0.6) is 11.5 Å². The summed E-state index contributed by atoms with van der Waals surface area (Å²) in [6.45, 7) is 0. The molecule has 0 radical (unpaired) electrons. The van der Waals surface area contributed by atoms with Crippen molar-refractivity contribution in [1.82, 2.24) is 0 Å². The maximum atomic E-state index is 8.80. The summed E-state index contributed by atoms with van der Waals surface area (Å²) in [6.07, 6.45) is 0. The van der Waals surface area contributed by atoms with E-state index in [-0.39, 0.29) is 0 Å². The third-order valence-corrected chi connectivity index (χ3v) is 3.20. The van der Waals surface area contributed by atoms with Crippen LogP contribution in [0.25, 0.3) is 0 Å². The van der Waals surface area contributed by atoms with Crippen LogP contribution in [0.3, 0.4) is 0 Å². The van der Waals surface area contributed by atoms with Crippen molar-refractivity contribution in [2.75, 3.05) is 0 Å². The van der Waals surface area contributed by atoms with E-state index >= 15 is 0 Å². The van der Waals surface area contributed by atoms with E-state index in [2.05, 4.69) is 37.9 Å². The summed E-state index contributed by atoms with van der Waals surface area (Å²) in [5, 5.41) is 8.80. The Balaban J connectivity index is 2.28. The number of hydrogen-bond acceptors (Lipinski definition) is 2. The van der Waals surface area contributed by atoms with Gasteiger partial charge in [0.2, 0.25) is 0 Å². The minimum absolute atomic E-state index is 0.579. The molecule has 0 heterocycles. The van der Waals surface area contributed by atoms with Gasteiger partial charge >= 0.3 is 0 Å². The van der Waals surface area contributed by atoms with Crippen molar-refractivity contribution in [2.24, 2.45) is 0 Å². The molecule has 0 fully saturated rings. The zero-order valence-electron chi connectivity index (χ0n) is 8.65. The number of ether oxygens (including phenoxy) is 1. The molecule has 4 heteroatoms. The highest BCUT2D eigenvalue weighted by Crippen LogP contribution is 2.32. The van der Waals surface area contributed by atoms with Gasteiger partial charge in [0.1, 0.15) is 11.5 Å². The molecule has 2 aromatic rings. The summed E-state index contributed by atoms with van der Waals surface area (Å²) in [5.74, 6) is 1.36. The van der Waals surface area contributed by atoms with E-state index in [1.807, 2.05) is 24.3 Å². The van der Waals surface area contributed by atoms with E-state index in [1.165, 1.54) is 0 Å². The fourth-order valence-corrected chi connectivity index (χ4v) is 2.44. The second-order valence-electron chi connectivity index (χ2n) is 3.32. The number of nitrogens with zero attached hydrogens (tertiary/aromatic N) is 1. The number of nitriles is 1. The van der Waals surface area contributed by atoms with Crippen molar-refractivity contribution in [2.45, 2.75) is 0 Å². The summed E-state index contributed by atoms with van der Waals surface area (Å²) in [5.41, 5.74) is 0.579. The summed E-state index contributed by atoms with van der Waals surface area (Å²) in [7, 11) is 0. The molecule has 84 valence electrons. The van der Waals surface area contributed by atoms with Crippen molar-refractivity contribution < 1.29 is 4.74 Å². The second kappa shape index (κ2) is 5.35. The van der Waals surface area contributed by atoms with Gasteiger partial charge in [-0.25, -0.2) is 0 Å². The Labute approximate surface area is 116 Å². The predicted molar refractivity (Wildman–Crippen MR) is 73.1 cm³/mol. The lowest BCUT2D eigenvalue weighted by molar-refractivity contribution is 0.479. The van der Waals surface area contributed by atoms with Gasteiger partial charge in [0.15, 0.2) is 0 Å². The van der Waals surface area contributed by atoms with Gasteiger partial charge in [-0.1, -0.05) is 22.0 Å². The molecule has 0 aliphatic heterocycles. The second-order valence-corrected chi connectivity index (χ2v) is 5.09. The number of benzene rings is 2. The maximum absolute atomic E-state index is 8.80. The Hall–Kier alpha value is -1.31. The molecule has 0 N–H and O–H groups in total. The van der Waals surface area contributed by atoms with E-state index in [1.54, 1.807) is 18.2 Å². The van der Waals surface area contributed by atoms with Crippen molar-refractivity contribution in [3.63, 3.8) is 0 Å². The minimum atomic E-state index is 0.579. The molecule has 0 aromatic heterocycles. The lowest BCUT2D eigenvalue weighted by Gasteiger charge is -2.08. The number of rotatable bonds is 2. The molecule has 0 saturated heterocycles. The molecule has 2 rings (SSSR count). The van der Waals surface area contributed by atoms with E-state index in [9.17, 15) is 0 Å². The van der Waals surface area contributed by atoms with Crippen LogP contribution in [0.4, 0.5) is 0 Å². The van der Waals surface area contributed by atoms with Gasteiger partial charge in [-0.15, -0.1) is 0 Å². The minimum Gasteiger partial charge on any atom is -0.456 e. The van der Waals surface area contributed by atoms with Crippen LogP contribution in [0.1, 0.15) is 5.56 Å². The molecule has 0 aliphatic carbocycles. The lowest BCUT2D eigenvalue weighted by atomic mass is 10.2. The number of hydrogen-bond donors (Lipinski definition) is 0. The van der Waals surface area contributed by atoms with E-state index in [0.29, 0.717) is 17.1 Å². The monoisotopic (exact) mass is 351 g/mol. The first-order valence-electron chi connectivity index (χ1n) is 4.82. The van der Waals surface area contributed by atoms with E-state index in [4.69, 9.17) is 10.00 Å². The molecule has 17 heavy (non-hydrogen) atoms. The van der Waals surface area contributed by atoms with Crippen molar-refractivity contribution in [3.8, 4) is 17.6 Å². The van der Waals surface area contributed by atoms with Crippen LogP contribution >= 0.6 is 31.9 Å². The summed E-state index contributed by atoms with van der Waals surface area (Å²) >= 11 is 6.80. The highest BCUT2D eigenvalue weighted by Gasteiger charge is 2.03. The predicted octanol–water partition coefficient (Wildman–Crippen LogP) is 4.88. The normalized spacial score (nSPS) is 9.71. The van der Waals surface area contributed by atoms with Gasteiger partial charge in [0.25, 0.3) is 0 Å². The zero-order chi connectivity index (χ0) is 12.3. The van der Waals surface area contributed by atoms with E-state index in [0.717, 1.165) is 8.95 Å². The first kappa shape index (κ1) is 12.2. The Bertz CT molecular complexity index is 590. The van der Waals surface area contributed by atoms with Gasteiger partial charge in [-0.2, -0.15) is 5.26 Å². The molecule has 0 bridgehead atoms. The van der Waals surface area contributed by atoms with Crippen LogP contribution in [0.15, 0.2) is 51.4 Å². The smallest absolute Gasteiger partial charge is 0.141 e. The summed E-state index contributed by atoms with van der Waals surface area (Å²) < 4.78 is 7.52. The lowest BCUT2D eigenvalue weighted by Crippen LogP contribution is -1.86. The Morgan fingerprint density at radius 3 is 2.59 bits per heavy atom. The maximum Gasteiger partial charge on any atom is 0.141 e. The quantitative estimate of drug-likeness (QED) is 0.771. The molecule has 0 unspecified atom stereocenters. The van der Waals surface area contributed by atoms with Crippen molar-refractivity contribution >= 4 is 31.9 Å². The molecular weight excluding hydrogens is 346 g/mol. The van der Waals surface area contributed by atoms with Crippen LogP contribution < -0.4 is 4.74 Å². The zero-order valence-corrected chi connectivity index (χ0v) is 11.8. The molecule has 2 aromatic carbocycles. The third kappa shape index (κ3) is 3.09. The first-order valence-corrected chi connectivity index (χ1v) is 6.41. The third-order valence-electron chi connectivity index (χ3n) is 2.08. The van der Waals surface area contributed by atoms with Crippen LogP contribution in [-0.2, 0) is 0 Å². The molecule has 0 amide bonds. The topological polar surface area (TPSA) is 33.0 Å². The van der Waals surface area contributed by atoms with Gasteiger partial charge in [0.05, 0.1) is 16.1 Å². The molecular formula is C13H7Br2NO. The fraction of sp³-hybridized carbons (Fsp3) is 0. The van der Waals surface area contributed by atoms with Crippen LogP contribution in [0.2, 0.25) is 0 Å². The molecule has 0 saturated carbocycles. The van der Waals surface area contributed by atoms with Gasteiger partial charge in [-0.3, -0.25) is 0 Å². The Kier molecular flexibility index (Phi) is 3.82. The largest absolute Gasteiger partial charge is 0.456 e. The highest BCUT2D eigenvalue weighted by molar-refractivity contribution is 9.11. The van der Waals surface area contributed by atoms with Gasteiger partial charge in [-0.05, 0) is 52.3 Å². The summed E-state index contributed by atoms with van der Waals surface area (Å²) in [6, 6.07) is 14.8. The molecule has 0 spiro atoms. The average molecular weight is 353 g/mol. The number of halogens is 2. The van der Waals surface area contributed by atoms with Crippen molar-refractivity contribution in [1.29, 1.82) is 5.26 Å².